The van der Waals surface area contributed by atoms with Crippen molar-refractivity contribution >= 4 is 11.7 Å². The highest BCUT2D eigenvalue weighted by Gasteiger charge is 2.43. The zero-order chi connectivity index (χ0) is 16.5. The molecule has 8 heteroatoms. The van der Waals surface area contributed by atoms with Gasteiger partial charge in [0.15, 0.2) is 5.78 Å². The van der Waals surface area contributed by atoms with Crippen LogP contribution in [0.5, 0.6) is 0 Å². The lowest BCUT2D eigenvalue weighted by molar-refractivity contribution is -0.168. The van der Waals surface area contributed by atoms with Gasteiger partial charge in [-0.1, -0.05) is 23.4 Å². The number of aromatic nitrogens is 3. The van der Waals surface area contributed by atoms with Gasteiger partial charge in [0.25, 0.3) is 5.91 Å². The van der Waals surface area contributed by atoms with E-state index in [0.717, 1.165) is 0 Å². The molecular formula is C16H15N3O5. The van der Waals surface area contributed by atoms with Crippen LogP contribution >= 0.6 is 0 Å². The van der Waals surface area contributed by atoms with Crippen molar-refractivity contribution in [3.05, 3.63) is 47.8 Å². The lowest BCUT2D eigenvalue weighted by Crippen LogP contribution is -2.40. The third-order valence-corrected chi connectivity index (χ3v) is 4.01. The van der Waals surface area contributed by atoms with Crippen molar-refractivity contribution in [1.82, 2.24) is 15.0 Å². The van der Waals surface area contributed by atoms with Crippen LogP contribution in [0.3, 0.4) is 0 Å². The Balaban J connectivity index is 1.39. The van der Waals surface area contributed by atoms with Crippen molar-refractivity contribution in [3.63, 3.8) is 0 Å². The van der Waals surface area contributed by atoms with E-state index in [2.05, 4.69) is 10.3 Å². The van der Waals surface area contributed by atoms with E-state index >= 15 is 0 Å². The molecule has 2 fully saturated rings. The van der Waals surface area contributed by atoms with Crippen LogP contribution in [0.25, 0.3) is 0 Å². The number of Topliss-reactive ketones (excluding diaryl/α,β-unsaturated/α-hetero) is 1. The van der Waals surface area contributed by atoms with Gasteiger partial charge in [-0.2, -0.15) is 4.68 Å². The van der Waals surface area contributed by atoms with Gasteiger partial charge >= 0.3 is 0 Å². The zero-order valence-corrected chi connectivity index (χ0v) is 12.7. The quantitative estimate of drug-likeness (QED) is 0.809. The molecule has 1 aromatic carbocycles. The first-order chi connectivity index (χ1) is 11.7. The van der Waals surface area contributed by atoms with Crippen LogP contribution in [0.2, 0.25) is 0 Å². The summed E-state index contributed by atoms with van der Waals surface area (Å²) in [6, 6.07) is 8.82. The number of nitrogens with zero attached hydrogens (tertiary/aromatic N) is 3. The summed E-state index contributed by atoms with van der Waals surface area (Å²) in [7, 11) is 0. The van der Waals surface area contributed by atoms with E-state index in [1.807, 2.05) is 6.07 Å². The summed E-state index contributed by atoms with van der Waals surface area (Å²) in [5, 5.41) is 7.77. The molecule has 8 nitrogen and oxygen atoms in total. The maximum atomic E-state index is 12.3. The smallest absolute Gasteiger partial charge is 0.279 e. The second kappa shape index (κ2) is 6.23. The van der Waals surface area contributed by atoms with Gasteiger partial charge in [0, 0.05) is 12.0 Å². The normalized spacial score (nSPS) is 25.8. The van der Waals surface area contributed by atoms with Crippen LogP contribution in [0.4, 0.5) is 0 Å². The Hall–Kier alpha value is -2.42. The summed E-state index contributed by atoms with van der Waals surface area (Å²) in [6.45, 7) is 0.491. The van der Waals surface area contributed by atoms with E-state index in [-0.39, 0.29) is 36.9 Å². The van der Waals surface area contributed by atoms with Crippen LogP contribution in [-0.2, 0) is 25.6 Å². The van der Waals surface area contributed by atoms with Gasteiger partial charge < -0.3 is 14.2 Å². The zero-order valence-electron chi connectivity index (χ0n) is 12.7. The Labute approximate surface area is 137 Å². The molecule has 0 spiro atoms. The van der Waals surface area contributed by atoms with Gasteiger partial charge in [0.2, 0.25) is 6.29 Å². The maximum absolute atomic E-state index is 12.3. The number of hydrogen-bond acceptors (Lipinski definition) is 7. The number of carbonyl (C=O) groups is 2. The summed E-state index contributed by atoms with van der Waals surface area (Å²) >= 11 is 0. The Morgan fingerprint density at radius 2 is 2.17 bits per heavy atom. The lowest BCUT2D eigenvalue weighted by Gasteiger charge is -2.25. The highest BCUT2D eigenvalue weighted by atomic mass is 16.7. The van der Waals surface area contributed by atoms with Crippen LogP contribution in [-0.4, -0.2) is 51.8 Å². The number of carbonyl (C=O) groups excluding carboxylic acids is 2. The van der Waals surface area contributed by atoms with Crippen LogP contribution < -0.4 is 0 Å². The van der Waals surface area contributed by atoms with Crippen LogP contribution in [0.15, 0.2) is 36.5 Å². The standard InChI is InChI=1S/C16H15N3O5/c20-12-6-13(14-9-23-16(12)24-14)22-8-11-7-19(18-17-11)15(21)10-4-2-1-3-5-10/h1-5,7,13-14,16H,6,8-9H2/t13-,14+,16+/m0/s1. The molecule has 0 radical (unpaired) electrons. The first kappa shape index (κ1) is 15.1. The van der Waals surface area contributed by atoms with E-state index in [4.69, 9.17) is 14.2 Å². The summed E-state index contributed by atoms with van der Waals surface area (Å²) in [5.74, 6) is -0.380. The fourth-order valence-electron chi connectivity index (χ4n) is 2.74. The molecule has 0 saturated carbocycles. The fourth-order valence-corrected chi connectivity index (χ4v) is 2.74. The first-order valence-corrected chi connectivity index (χ1v) is 7.63. The summed E-state index contributed by atoms with van der Waals surface area (Å²) in [4.78, 5) is 24.0. The minimum atomic E-state index is -0.737. The number of benzene rings is 1. The summed E-state index contributed by atoms with van der Waals surface area (Å²) in [5.41, 5.74) is 1.03. The van der Waals surface area contributed by atoms with Gasteiger partial charge in [-0.05, 0) is 12.1 Å². The molecule has 3 atom stereocenters. The van der Waals surface area contributed by atoms with Crippen LogP contribution in [0.1, 0.15) is 22.5 Å². The molecule has 24 heavy (non-hydrogen) atoms. The Bertz CT molecular complexity index is 760. The van der Waals surface area contributed by atoms with Gasteiger partial charge in [0.05, 0.1) is 25.5 Å². The SMILES string of the molecule is O=C1C[C@H](OCc2cn(C(=O)c3ccccc3)nn2)[C@H]2CO[C@@H]1O2. The third kappa shape index (κ3) is 2.86. The molecule has 2 bridgehead atoms. The van der Waals surface area contributed by atoms with Gasteiger partial charge in [-0.25, -0.2) is 0 Å². The van der Waals surface area contributed by atoms with Gasteiger partial charge in [-0.15, -0.1) is 5.10 Å². The molecule has 2 aromatic rings. The maximum Gasteiger partial charge on any atom is 0.279 e. The number of fused-ring (bicyclic) bond motifs is 2. The highest BCUT2D eigenvalue weighted by molar-refractivity contribution is 5.95. The summed E-state index contributed by atoms with van der Waals surface area (Å²) in [6.07, 6.45) is 0.431. The molecule has 0 aliphatic carbocycles. The van der Waals surface area contributed by atoms with Crippen molar-refractivity contribution in [2.45, 2.75) is 31.5 Å². The Morgan fingerprint density at radius 1 is 1.33 bits per heavy atom. The molecule has 2 aliphatic heterocycles. The average molecular weight is 329 g/mol. The predicted molar refractivity (Wildman–Crippen MR) is 79.0 cm³/mol. The van der Waals surface area contributed by atoms with Gasteiger partial charge in [-0.3, -0.25) is 9.59 Å². The second-order valence-corrected chi connectivity index (χ2v) is 5.69. The Morgan fingerprint density at radius 3 is 3.00 bits per heavy atom. The first-order valence-electron chi connectivity index (χ1n) is 7.63. The minimum Gasteiger partial charge on any atom is -0.369 e. The molecule has 1 aromatic heterocycles. The fraction of sp³-hybridized carbons (Fsp3) is 0.375. The van der Waals surface area contributed by atoms with E-state index in [9.17, 15) is 9.59 Å². The molecule has 0 unspecified atom stereocenters. The van der Waals surface area contributed by atoms with E-state index in [1.165, 1.54) is 10.9 Å². The van der Waals surface area contributed by atoms with Crippen LogP contribution in [0, 0.1) is 0 Å². The van der Waals surface area contributed by atoms with Gasteiger partial charge in [0.1, 0.15) is 11.8 Å². The molecule has 2 aliphatic rings. The van der Waals surface area contributed by atoms with E-state index in [1.54, 1.807) is 24.3 Å². The molecular weight excluding hydrogens is 314 g/mol. The number of ketones is 1. The summed E-state index contributed by atoms with van der Waals surface area (Å²) < 4.78 is 17.5. The van der Waals surface area contributed by atoms with Crippen molar-refractivity contribution in [2.75, 3.05) is 6.61 Å². The Kier molecular flexibility index (Phi) is 3.93. The number of ether oxygens (including phenoxy) is 3. The van der Waals surface area contributed by atoms with E-state index < -0.39 is 6.29 Å². The van der Waals surface area contributed by atoms with E-state index in [0.29, 0.717) is 17.9 Å². The molecule has 0 N–H and O–H groups in total. The number of rotatable bonds is 4. The molecule has 3 heterocycles. The third-order valence-electron chi connectivity index (χ3n) is 4.01. The average Bonchev–Trinajstić information content (AvgIpc) is 3.25. The molecule has 4 rings (SSSR count). The lowest BCUT2D eigenvalue weighted by atomic mass is 10.1. The minimum absolute atomic E-state index is 0.114. The van der Waals surface area contributed by atoms with Crippen molar-refractivity contribution in [3.8, 4) is 0 Å². The van der Waals surface area contributed by atoms with Crippen molar-refractivity contribution in [2.24, 2.45) is 0 Å². The number of hydrogen-bond donors (Lipinski definition) is 0. The monoisotopic (exact) mass is 329 g/mol. The topological polar surface area (TPSA) is 92.5 Å². The predicted octanol–water partition coefficient (Wildman–Crippen LogP) is 0.566. The largest absolute Gasteiger partial charge is 0.369 e. The van der Waals surface area contributed by atoms with Crippen molar-refractivity contribution < 1.29 is 23.8 Å². The molecule has 0 amide bonds. The molecule has 2 saturated heterocycles. The van der Waals surface area contributed by atoms with Crippen molar-refractivity contribution in [1.29, 1.82) is 0 Å². The highest BCUT2D eigenvalue weighted by Crippen LogP contribution is 2.27. The molecule has 124 valence electrons. The second-order valence-electron chi connectivity index (χ2n) is 5.69.